The summed E-state index contributed by atoms with van der Waals surface area (Å²) >= 11 is 6.65. The van der Waals surface area contributed by atoms with Gasteiger partial charge in [-0.2, -0.15) is 0 Å². The molecule has 2 fully saturated rings. The summed E-state index contributed by atoms with van der Waals surface area (Å²) in [7, 11) is -3.12. The summed E-state index contributed by atoms with van der Waals surface area (Å²) in [5, 5.41) is 2.52. The molecular formula is C16H15ClN2O5S2. The summed E-state index contributed by atoms with van der Waals surface area (Å²) in [6.07, 6.45) is 1.88. The number of nitrogens with zero attached hydrogens (tertiary/aromatic N) is 1. The van der Waals surface area contributed by atoms with E-state index in [1.807, 2.05) is 0 Å². The van der Waals surface area contributed by atoms with Gasteiger partial charge in [0.05, 0.1) is 16.4 Å². The standard InChI is InChI=1S/C16H15ClN2O5S2/c17-11-3-1-2-10(6-11)7-13-15(21)19(16(22)25-13)8-14(20)18-12-4-5-26(23,24)9-12/h1-3,6-7,12H,4-5,8-9H2,(H,18,20). The van der Waals surface area contributed by atoms with Crippen LogP contribution in [0, 0.1) is 0 Å². The van der Waals surface area contributed by atoms with E-state index in [1.54, 1.807) is 24.3 Å². The number of imide groups is 1. The molecule has 0 radical (unpaired) electrons. The molecule has 2 aliphatic heterocycles. The Bertz CT molecular complexity index is 913. The average molecular weight is 415 g/mol. The number of sulfone groups is 1. The molecule has 0 aromatic heterocycles. The largest absolute Gasteiger partial charge is 0.351 e. The van der Waals surface area contributed by atoms with Crippen LogP contribution in [-0.4, -0.2) is 54.5 Å². The molecule has 2 aliphatic rings. The van der Waals surface area contributed by atoms with Crippen molar-refractivity contribution < 1.29 is 22.8 Å². The Morgan fingerprint density at radius 1 is 1.38 bits per heavy atom. The lowest BCUT2D eigenvalue weighted by molar-refractivity contribution is -0.129. The molecule has 0 aliphatic carbocycles. The minimum Gasteiger partial charge on any atom is -0.351 e. The number of amides is 3. The van der Waals surface area contributed by atoms with Crippen LogP contribution in [0.5, 0.6) is 0 Å². The van der Waals surface area contributed by atoms with Gasteiger partial charge in [0, 0.05) is 11.1 Å². The minimum absolute atomic E-state index is 0.0297. The van der Waals surface area contributed by atoms with E-state index in [-0.39, 0.29) is 16.4 Å². The number of halogens is 1. The number of carbonyl (C=O) groups excluding carboxylic acids is 3. The molecule has 3 amide bonds. The maximum Gasteiger partial charge on any atom is 0.294 e. The van der Waals surface area contributed by atoms with Crippen molar-refractivity contribution in [3.63, 3.8) is 0 Å². The van der Waals surface area contributed by atoms with E-state index in [9.17, 15) is 22.8 Å². The smallest absolute Gasteiger partial charge is 0.294 e. The Labute approximate surface area is 159 Å². The second kappa shape index (κ2) is 7.42. The molecular weight excluding hydrogens is 400 g/mol. The fourth-order valence-corrected chi connectivity index (χ4v) is 5.42. The van der Waals surface area contributed by atoms with Crippen LogP contribution in [0.4, 0.5) is 4.79 Å². The van der Waals surface area contributed by atoms with Gasteiger partial charge < -0.3 is 5.32 Å². The Hall–Kier alpha value is -1.84. The first-order chi connectivity index (χ1) is 12.2. The van der Waals surface area contributed by atoms with Crippen molar-refractivity contribution in [1.82, 2.24) is 10.2 Å². The summed E-state index contributed by atoms with van der Waals surface area (Å²) in [6, 6.07) is 6.34. The highest BCUT2D eigenvalue weighted by Gasteiger charge is 2.37. The van der Waals surface area contributed by atoms with Crippen LogP contribution in [0.3, 0.4) is 0 Å². The molecule has 0 spiro atoms. The maximum atomic E-state index is 12.4. The van der Waals surface area contributed by atoms with Gasteiger partial charge in [-0.1, -0.05) is 23.7 Å². The predicted octanol–water partition coefficient (Wildman–Crippen LogP) is 1.68. The van der Waals surface area contributed by atoms with Crippen molar-refractivity contribution in [1.29, 1.82) is 0 Å². The molecule has 1 unspecified atom stereocenters. The van der Waals surface area contributed by atoms with E-state index in [0.29, 0.717) is 17.0 Å². The van der Waals surface area contributed by atoms with Crippen molar-refractivity contribution in [2.45, 2.75) is 12.5 Å². The van der Waals surface area contributed by atoms with Crippen LogP contribution >= 0.6 is 23.4 Å². The lowest BCUT2D eigenvalue weighted by Gasteiger charge is -2.15. The van der Waals surface area contributed by atoms with E-state index < -0.39 is 39.5 Å². The number of benzene rings is 1. The monoisotopic (exact) mass is 414 g/mol. The highest BCUT2D eigenvalue weighted by Crippen LogP contribution is 2.32. The molecule has 7 nitrogen and oxygen atoms in total. The van der Waals surface area contributed by atoms with Gasteiger partial charge >= 0.3 is 0 Å². The number of hydrogen-bond donors (Lipinski definition) is 1. The van der Waals surface area contributed by atoms with Gasteiger partial charge in [0.1, 0.15) is 6.54 Å². The van der Waals surface area contributed by atoms with Gasteiger partial charge in [-0.05, 0) is 42.0 Å². The number of hydrogen-bond acceptors (Lipinski definition) is 6. The zero-order valence-corrected chi connectivity index (χ0v) is 15.9. The highest BCUT2D eigenvalue weighted by molar-refractivity contribution is 8.18. The molecule has 2 heterocycles. The van der Waals surface area contributed by atoms with Crippen LogP contribution < -0.4 is 5.32 Å². The molecule has 0 saturated carbocycles. The Morgan fingerprint density at radius 3 is 2.81 bits per heavy atom. The molecule has 26 heavy (non-hydrogen) atoms. The third kappa shape index (κ3) is 4.46. The van der Waals surface area contributed by atoms with Crippen molar-refractivity contribution >= 4 is 56.3 Å². The minimum atomic E-state index is -3.12. The zero-order chi connectivity index (χ0) is 18.9. The molecule has 1 aromatic carbocycles. The summed E-state index contributed by atoms with van der Waals surface area (Å²) in [5.74, 6) is -1.20. The van der Waals surface area contributed by atoms with Crippen LogP contribution in [0.1, 0.15) is 12.0 Å². The molecule has 1 aromatic rings. The first-order valence-corrected chi connectivity index (χ1v) is 10.8. The molecule has 0 bridgehead atoms. The number of thioether (sulfide) groups is 1. The van der Waals surface area contributed by atoms with Crippen LogP contribution in [0.2, 0.25) is 5.02 Å². The van der Waals surface area contributed by atoms with E-state index in [0.717, 1.165) is 16.7 Å². The number of rotatable bonds is 4. The number of nitrogens with one attached hydrogen (secondary N) is 1. The summed E-state index contributed by atoms with van der Waals surface area (Å²) < 4.78 is 22.8. The first kappa shape index (κ1) is 18.9. The average Bonchev–Trinajstić information content (AvgIpc) is 3.01. The molecule has 3 rings (SSSR count). The van der Waals surface area contributed by atoms with Crippen molar-refractivity contribution in [3.05, 3.63) is 39.8 Å². The van der Waals surface area contributed by atoms with Gasteiger partial charge in [-0.3, -0.25) is 19.3 Å². The van der Waals surface area contributed by atoms with Crippen molar-refractivity contribution in [2.24, 2.45) is 0 Å². The highest BCUT2D eigenvalue weighted by atomic mass is 35.5. The van der Waals surface area contributed by atoms with E-state index in [4.69, 9.17) is 11.6 Å². The Kier molecular flexibility index (Phi) is 5.40. The summed E-state index contributed by atoms with van der Waals surface area (Å²) in [5.41, 5.74) is 0.670. The molecule has 1 atom stereocenters. The zero-order valence-electron chi connectivity index (χ0n) is 13.5. The van der Waals surface area contributed by atoms with Gasteiger partial charge in [0.15, 0.2) is 9.84 Å². The summed E-state index contributed by atoms with van der Waals surface area (Å²) in [6.45, 7) is -0.436. The first-order valence-electron chi connectivity index (χ1n) is 7.74. The van der Waals surface area contributed by atoms with Gasteiger partial charge in [0.2, 0.25) is 5.91 Å². The quantitative estimate of drug-likeness (QED) is 0.752. The lowest BCUT2D eigenvalue weighted by Crippen LogP contribution is -2.43. The normalized spacial score (nSPS) is 23.7. The van der Waals surface area contributed by atoms with E-state index in [2.05, 4.69) is 5.32 Å². The second-order valence-electron chi connectivity index (χ2n) is 5.99. The molecule has 10 heteroatoms. The second-order valence-corrected chi connectivity index (χ2v) is 9.65. The fourth-order valence-electron chi connectivity index (χ4n) is 2.71. The maximum absolute atomic E-state index is 12.4. The third-order valence-corrected chi connectivity index (χ3v) is 6.83. The van der Waals surface area contributed by atoms with Crippen molar-refractivity contribution in [2.75, 3.05) is 18.1 Å². The Morgan fingerprint density at radius 2 is 2.15 bits per heavy atom. The third-order valence-electron chi connectivity index (χ3n) is 3.92. The predicted molar refractivity (Wildman–Crippen MR) is 99.3 cm³/mol. The van der Waals surface area contributed by atoms with Crippen LogP contribution in [0.15, 0.2) is 29.2 Å². The van der Waals surface area contributed by atoms with Gasteiger partial charge in [0.25, 0.3) is 11.1 Å². The van der Waals surface area contributed by atoms with E-state index in [1.165, 1.54) is 6.08 Å². The van der Waals surface area contributed by atoms with Crippen LogP contribution in [-0.2, 0) is 19.4 Å². The SMILES string of the molecule is O=C(CN1C(=O)SC(=Cc2cccc(Cl)c2)C1=O)NC1CCS(=O)(=O)C1. The number of carbonyl (C=O) groups is 3. The Balaban J connectivity index is 1.65. The summed E-state index contributed by atoms with van der Waals surface area (Å²) in [4.78, 5) is 37.6. The van der Waals surface area contributed by atoms with Gasteiger partial charge in [-0.15, -0.1) is 0 Å². The lowest BCUT2D eigenvalue weighted by atomic mass is 10.2. The van der Waals surface area contributed by atoms with Gasteiger partial charge in [-0.25, -0.2) is 8.42 Å². The topological polar surface area (TPSA) is 101 Å². The van der Waals surface area contributed by atoms with E-state index >= 15 is 0 Å². The fraction of sp³-hybridized carbons (Fsp3) is 0.312. The van der Waals surface area contributed by atoms with Crippen molar-refractivity contribution in [3.8, 4) is 0 Å². The van der Waals surface area contributed by atoms with Crippen LogP contribution in [0.25, 0.3) is 6.08 Å². The molecule has 1 N–H and O–H groups in total. The molecule has 2 saturated heterocycles. The molecule has 138 valence electrons.